The molecule has 3 N–H and O–H groups in total. The molecule has 1 saturated carbocycles. The molecular weight excluding hydrogens is 268 g/mol. The SMILES string of the molecule is NCC1(C(=O)NCc2ccc(Cl)s2)CCCCC1. The normalized spacial score (nSPS) is 18.6. The van der Waals surface area contributed by atoms with Gasteiger partial charge in [-0.05, 0) is 25.0 Å². The Bertz CT molecular complexity index is 413. The zero-order valence-corrected chi connectivity index (χ0v) is 11.9. The molecule has 1 heterocycles. The standard InChI is InChI=1S/C13H19ClN2OS/c14-11-5-4-10(18-11)8-16-12(17)13(9-15)6-2-1-3-7-13/h4-5H,1-3,6-9,15H2,(H,16,17). The van der Waals surface area contributed by atoms with Crippen molar-refractivity contribution in [3.05, 3.63) is 21.3 Å². The molecule has 0 aliphatic heterocycles. The first-order chi connectivity index (χ1) is 8.66. The lowest BCUT2D eigenvalue weighted by molar-refractivity contribution is -0.132. The van der Waals surface area contributed by atoms with E-state index >= 15 is 0 Å². The van der Waals surface area contributed by atoms with Crippen molar-refractivity contribution >= 4 is 28.8 Å². The van der Waals surface area contributed by atoms with Gasteiger partial charge in [-0.3, -0.25) is 4.79 Å². The predicted octanol–water partition coefficient (Wildman–Crippen LogP) is 2.93. The topological polar surface area (TPSA) is 55.1 Å². The first kappa shape index (κ1) is 13.8. The van der Waals surface area contributed by atoms with Gasteiger partial charge in [0.2, 0.25) is 5.91 Å². The maximum absolute atomic E-state index is 12.3. The second-order valence-corrected chi connectivity index (χ2v) is 6.73. The molecule has 0 aromatic carbocycles. The first-order valence-corrected chi connectivity index (χ1v) is 7.58. The summed E-state index contributed by atoms with van der Waals surface area (Å²) < 4.78 is 0.755. The third-order valence-electron chi connectivity index (χ3n) is 3.74. The Morgan fingerprint density at radius 1 is 1.39 bits per heavy atom. The minimum absolute atomic E-state index is 0.106. The number of carbonyl (C=O) groups excluding carboxylic acids is 1. The van der Waals surface area contributed by atoms with Crippen LogP contribution in [0.3, 0.4) is 0 Å². The Kier molecular flexibility index (Phi) is 4.65. The van der Waals surface area contributed by atoms with Crippen molar-refractivity contribution < 1.29 is 4.79 Å². The number of rotatable bonds is 4. The Morgan fingerprint density at radius 3 is 2.67 bits per heavy atom. The lowest BCUT2D eigenvalue weighted by Crippen LogP contribution is -2.46. The minimum Gasteiger partial charge on any atom is -0.351 e. The molecule has 0 radical (unpaired) electrons. The third-order valence-corrected chi connectivity index (χ3v) is 4.97. The van der Waals surface area contributed by atoms with Crippen molar-refractivity contribution in [2.24, 2.45) is 11.1 Å². The lowest BCUT2D eigenvalue weighted by atomic mass is 9.73. The summed E-state index contributed by atoms with van der Waals surface area (Å²) in [4.78, 5) is 13.4. The number of hydrogen-bond donors (Lipinski definition) is 2. The van der Waals surface area contributed by atoms with Gasteiger partial charge in [0.25, 0.3) is 0 Å². The fourth-order valence-electron chi connectivity index (χ4n) is 2.55. The number of carbonyl (C=O) groups is 1. The van der Waals surface area contributed by atoms with E-state index in [4.69, 9.17) is 17.3 Å². The maximum Gasteiger partial charge on any atom is 0.227 e. The molecule has 1 aromatic rings. The highest BCUT2D eigenvalue weighted by Gasteiger charge is 2.37. The van der Waals surface area contributed by atoms with Crippen LogP contribution in [0.2, 0.25) is 4.34 Å². The van der Waals surface area contributed by atoms with E-state index in [-0.39, 0.29) is 11.3 Å². The molecule has 3 nitrogen and oxygen atoms in total. The molecule has 1 aliphatic carbocycles. The summed E-state index contributed by atoms with van der Waals surface area (Å²) in [5, 5.41) is 3.01. The lowest BCUT2D eigenvalue weighted by Gasteiger charge is -2.34. The van der Waals surface area contributed by atoms with Crippen LogP contribution in [-0.4, -0.2) is 12.5 Å². The van der Waals surface area contributed by atoms with E-state index in [0.717, 1.165) is 34.9 Å². The van der Waals surface area contributed by atoms with E-state index in [1.165, 1.54) is 17.8 Å². The number of nitrogens with one attached hydrogen (secondary N) is 1. The summed E-state index contributed by atoms with van der Waals surface area (Å²) in [6, 6.07) is 3.80. The second kappa shape index (κ2) is 6.04. The van der Waals surface area contributed by atoms with Gasteiger partial charge in [0.1, 0.15) is 0 Å². The van der Waals surface area contributed by atoms with Crippen LogP contribution < -0.4 is 11.1 Å². The first-order valence-electron chi connectivity index (χ1n) is 6.39. The van der Waals surface area contributed by atoms with E-state index in [1.54, 1.807) is 0 Å². The van der Waals surface area contributed by atoms with Crippen LogP contribution in [0.15, 0.2) is 12.1 Å². The highest BCUT2D eigenvalue weighted by Crippen LogP contribution is 2.35. The van der Waals surface area contributed by atoms with Gasteiger partial charge < -0.3 is 11.1 Å². The smallest absolute Gasteiger partial charge is 0.227 e. The molecule has 0 bridgehead atoms. The fraction of sp³-hybridized carbons (Fsp3) is 0.615. The van der Waals surface area contributed by atoms with Gasteiger partial charge in [-0.25, -0.2) is 0 Å². The monoisotopic (exact) mass is 286 g/mol. The average Bonchev–Trinajstić information content (AvgIpc) is 2.82. The Hall–Kier alpha value is -0.580. The molecule has 1 fully saturated rings. The largest absolute Gasteiger partial charge is 0.351 e. The average molecular weight is 287 g/mol. The molecule has 1 aromatic heterocycles. The van der Waals surface area contributed by atoms with Crippen LogP contribution in [0.4, 0.5) is 0 Å². The van der Waals surface area contributed by atoms with E-state index in [0.29, 0.717) is 13.1 Å². The molecule has 18 heavy (non-hydrogen) atoms. The predicted molar refractivity (Wildman–Crippen MR) is 75.7 cm³/mol. The molecular formula is C13H19ClN2OS. The van der Waals surface area contributed by atoms with Gasteiger partial charge in [-0.15, -0.1) is 11.3 Å². The van der Waals surface area contributed by atoms with Crippen molar-refractivity contribution in [3.8, 4) is 0 Å². The number of hydrogen-bond acceptors (Lipinski definition) is 3. The van der Waals surface area contributed by atoms with Gasteiger partial charge in [-0.1, -0.05) is 30.9 Å². The minimum atomic E-state index is -0.334. The summed E-state index contributed by atoms with van der Waals surface area (Å²) in [6.07, 6.45) is 5.27. The van der Waals surface area contributed by atoms with Crippen molar-refractivity contribution in [1.29, 1.82) is 0 Å². The fourth-order valence-corrected chi connectivity index (χ4v) is 3.58. The molecule has 1 aliphatic rings. The molecule has 5 heteroatoms. The highest BCUT2D eigenvalue weighted by atomic mass is 35.5. The Balaban J connectivity index is 1.93. The maximum atomic E-state index is 12.3. The molecule has 2 rings (SSSR count). The van der Waals surface area contributed by atoms with Crippen LogP contribution in [0.1, 0.15) is 37.0 Å². The second-order valence-electron chi connectivity index (χ2n) is 4.93. The number of thiophene rings is 1. The van der Waals surface area contributed by atoms with Crippen LogP contribution in [0.5, 0.6) is 0 Å². The van der Waals surface area contributed by atoms with E-state index in [9.17, 15) is 4.79 Å². The molecule has 0 spiro atoms. The number of amides is 1. The summed E-state index contributed by atoms with van der Waals surface area (Å²) >= 11 is 7.37. The summed E-state index contributed by atoms with van der Waals surface area (Å²) in [5.74, 6) is 0.106. The van der Waals surface area contributed by atoms with Crippen molar-refractivity contribution in [2.45, 2.75) is 38.6 Å². The van der Waals surface area contributed by atoms with Crippen molar-refractivity contribution in [2.75, 3.05) is 6.54 Å². The van der Waals surface area contributed by atoms with Gasteiger partial charge in [-0.2, -0.15) is 0 Å². The van der Waals surface area contributed by atoms with Gasteiger partial charge in [0, 0.05) is 11.4 Å². The molecule has 0 saturated heterocycles. The molecule has 100 valence electrons. The Labute approximate surface area is 117 Å². The Morgan fingerprint density at radius 2 is 2.11 bits per heavy atom. The van der Waals surface area contributed by atoms with Crippen LogP contribution in [0, 0.1) is 5.41 Å². The zero-order chi connectivity index (χ0) is 13.0. The van der Waals surface area contributed by atoms with E-state index in [2.05, 4.69) is 5.32 Å². The zero-order valence-electron chi connectivity index (χ0n) is 10.4. The van der Waals surface area contributed by atoms with Crippen LogP contribution in [0.25, 0.3) is 0 Å². The van der Waals surface area contributed by atoms with Crippen molar-refractivity contribution in [3.63, 3.8) is 0 Å². The summed E-state index contributed by atoms with van der Waals surface area (Å²) in [7, 11) is 0. The molecule has 1 amide bonds. The summed E-state index contributed by atoms with van der Waals surface area (Å²) in [6.45, 7) is 1.00. The van der Waals surface area contributed by atoms with Gasteiger partial charge in [0.15, 0.2) is 0 Å². The van der Waals surface area contributed by atoms with Crippen LogP contribution in [-0.2, 0) is 11.3 Å². The molecule has 0 atom stereocenters. The quantitative estimate of drug-likeness (QED) is 0.894. The van der Waals surface area contributed by atoms with Crippen molar-refractivity contribution in [1.82, 2.24) is 5.32 Å². The summed E-state index contributed by atoms with van der Waals surface area (Å²) in [5.41, 5.74) is 5.50. The van der Waals surface area contributed by atoms with Crippen LogP contribution >= 0.6 is 22.9 Å². The number of nitrogens with two attached hydrogens (primary N) is 1. The van der Waals surface area contributed by atoms with E-state index < -0.39 is 0 Å². The van der Waals surface area contributed by atoms with Gasteiger partial charge >= 0.3 is 0 Å². The van der Waals surface area contributed by atoms with Gasteiger partial charge in [0.05, 0.1) is 16.3 Å². The van der Waals surface area contributed by atoms with E-state index in [1.807, 2.05) is 12.1 Å². The molecule has 0 unspecified atom stereocenters. The third kappa shape index (κ3) is 3.05. The highest BCUT2D eigenvalue weighted by molar-refractivity contribution is 7.16. The number of halogens is 1.